The van der Waals surface area contributed by atoms with Gasteiger partial charge in [0.2, 0.25) is 0 Å². The van der Waals surface area contributed by atoms with Crippen molar-refractivity contribution in [2.75, 3.05) is 19.8 Å². The van der Waals surface area contributed by atoms with E-state index in [0.717, 1.165) is 6.54 Å². The summed E-state index contributed by atoms with van der Waals surface area (Å²) in [7, 11) is 0. The van der Waals surface area contributed by atoms with E-state index in [2.05, 4.69) is 15.5 Å². The fourth-order valence-corrected chi connectivity index (χ4v) is 1.95. The highest BCUT2D eigenvalue weighted by Gasteiger charge is 2.21. The summed E-state index contributed by atoms with van der Waals surface area (Å²) in [6.45, 7) is 3.67. The molecule has 2 aromatic rings. The van der Waals surface area contributed by atoms with Crippen molar-refractivity contribution < 1.29 is 13.7 Å². The van der Waals surface area contributed by atoms with E-state index in [4.69, 9.17) is 9.26 Å². The van der Waals surface area contributed by atoms with Crippen LogP contribution >= 0.6 is 0 Å². The summed E-state index contributed by atoms with van der Waals surface area (Å²) in [4.78, 5) is 4.29. The molecule has 1 unspecified atom stereocenters. The molecule has 1 atom stereocenters. The van der Waals surface area contributed by atoms with Crippen LogP contribution in [0.4, 0.5) is 4.39 Å². The number of benzene rings is 1. The van der Waals surface area contributed by atoms with Gasteiger partial charge in [-0.25, -0.2) is 4.39 Å². The van der Waals surface area contributed by atoms with Crippen molar-refractivity contribution in [2.24, 2.45) is 0 Å². The van der Waals surface area contributed by atoms with Crippen LogP contribution in [0.5, 0.6) is 0 Å². The third kappa shape index (κ3) is 2.50. The number of aryl methyl sites for hydroxylation is 1. The van der Waals surface area contributed by atoms with Crippen molar-refractivity contribution in [3.8, 4) is 11.5 Å². The molecule has 0 aliphatic carbocycles. The number of ether oxygens (including phenoxy) is 1. The van der Waals surface area contributed by atoms with Crippen LogP contribution < -0.4 is 5.32 Å². The monoisotopic (exact) mass is 263 g/mol. The van der Waals surface area contributed by atoms with Crippen molar-refractivity contribution in [3.05, 3.63) is 35.4 Å². The zero-order valence-corrected chi connectivity index (χ0v) is 10.5. The van der Waals surface area contributed by atoms with Gasteiger partial charge in [0.15, 0.2) is 5.82 Å². The Kier molecular flexibility index (Phi) is 3.27. The standard InChI is InChI=1S/C13H14FN3O2/c1-8-2-3-9(6-10(8)14)13-16-12(17-19-13)11-7-18-5-4-15-11/h2-3,6,11,15H,4-5,7H2,1H3. The van der Waals surface area contributed by atoms with Gasteiger partial charge in [0.1, 0.15) is 5.82 Å². The molecule has 1 N–H and O–H groups in total. The Labute approximate surface area is 109 Å². The molecule has 1 aromatic heterocycles. The maximum atomic E-state index is 13.5. The quantitative estimate of drug-likeness (QED) is 0.896. The minimum Gasteiger partial charge on any atom is -0.378 e. The lowest BCUT2D eigenvalue weighted by Gasteiger charge is -2.20. The van der Waals surface area contributed by atoms with E-state index in [1.807, 2.05) is 0 Å². The molecule has 2 heterocycles. The highest BCUT2D eigenvalue weighted by Crippen LogP contribution is 2.22. The van der Waals surface area contributed by atoms with Crippen LogP contribution in [0.1, 0.15) is 17.4 Å². The van der Waals surface area contributed by atoms with Gasteiger partial charge in [-0.2, -0.15) is 4.98 Å². The highest BCUT2D eigenvalue weighted by atomic mass is 19.1. The molecule has 0 bridgehead atoms. The second-order valence-electron chi connectivity index (χ2n) is 4.50. The molecular weight excluding hydrogens is 249 g/mol. The molecule has 1 aliphatic heterocycles. The maximum absolute atomic E-state index is 13.5. The second-order valence-corrected chi connectivity index (χ2v) is 4.50. The molecule has 1 fully saturated rings. The number of morpholine rings is 1. The van der Waals surface area contributed by atoms with E-state index in [1.165, 1.54) is 6.07 Å². The predicted octanol–water partition coefficient (Wildman–Crippen LogP) is 1.85. The van der Waals surface area contributed by atoms with Crippen LogP contribution in [-0.2, 0) is 4.74 Å². The number of nitrogens with one attached hydrogen (secondary N) is 1. The fourth-order valence-electron chi connectivity index (χ4n) is 1.95. The van der Waals surface area contributed by atoms with E-state index >= 15 is 0 Å². The normalized spacial score (nSPS) is 19.6. The third-order valence-electron chi connectivity index (χ3n) is 3.09. The minimum absolute atomic E-state index is 0.0680. The van der Waals surface area contributed by atoms with E-state index in [0.29, 0.717) is 36.1 Å². The van der Waals surface area contributed by atoms with Crippen molar-refractivity contribution >= 4 is 0 Å². The minimum atomic E-state index is -0.281. The van der Waals surface area contributed by atoms with Crippen molar-refractivity contribution in [1.82, 2.24) is 15.5 Å². The number of rotatable bonds is 2. The first-order chi connectivity index (χ1) is 9.24. The first-order valence-electron chi connectivity index (χ1n) is 6.15. The Balaban J connectivity index is 1.85. The Morgan fingerprint density at radius 1 is 1.42 bits per heavy atom. The van der Waals surface area contributed by atoms with Crippen LogP contribution in [0, 0.1) is 12.7 Å². The molecule has 1 saturated heterocycles. The molecule has 0 saturated carbocycles. The zero-order chi connectivity index (χ0) is 13.2. The molecule has 1 aromatic carbocycles. The van der Waals surface area contributed by atoms with Crippen LogP contribution in [0.25, 0.3) is 11.5 Å². The molecule has 0 radical (unpaired) electrons. The van der Waals surface area contributed by atoms with E-state index < -0.39 is 0 Å². The lowest BCUT2D eigenvalue weighted by atomic mass is 10.1. The average Bonchev–Trinajstić information content (AvgIpc) is 2.93. The SMILES string of the molecule is Cc1ccc(-c2nc(C3COCCN3)no2)cc1F. The lowest BCUT2D eigenvalue weighted by molar-refractivity contribution is 0.0734. The van der Waals surface area contributed by atoms with Gasteiger partial charge in [-0.15, -0.1) is 0 Å². The van der Waals surface area contributed by atoms with Gasteiger partial charge < -0.3 is 14.6 Å². The van der Waals surface area contributed by atoms with Gasteiger partial charge in [-0.3, -0.25) is 0 Å². The van der Waals surface area contributed by atoms with Crippen molar-refractivity contribution in [3.63, 3.8) is 0 Å². The van der Waals surface area contributed by atoms with E-state index in [-0.39, 0.29) is 11.9 Å². The first-order valence-corrected chi connectivity index (χ1v) is 6.15. The summed E-state index contributed by atoms with van der Waals surface area (Å²) < 4.78 is 24.0. The van der Waals surface area contributed by atoms with Crippen LogP contribution in [0.2, 0.25) is 0 Å². The van der Waals surface area contributed by atoms with Gasteiger partial charge in [-0.05, 0) is 24.6 Å². The Hall–Kier alpha value is -1.79. The number of hydrogen-bond donors (Lipinski definition) is 1. The molecule has 6 heteroatoms. The average molecular weight is 263 g/mol. The van der Waals surface area contributed by atoms with Gasteiger partial charge in [0, 0.05) is 12.1 Å². The Bertz CT molecular complexity index is 579. The largest absolute Gasteiger partial charge is 0.378 e. The summed E-state index contributed by atoms with van der Waals surface area (Å²) in [5.41, 5.74) is 1.17. The van der Waals surface area contributed by atoms with Gasteiger partial charge >= 0.3 is 0 Å². The molecule has 1 aliphatic rings. The Morgan fingerprint density at radius 3 is 3.05 bits per heavy atom. The highest BCUT2D eigenvalue weighted by molar-refractivity contribution is 5.53. The summed E-state index contributed by atoms with van der Waals surface area (Å²) in [5, 5.41) is 7.15. The molecule has 3 rings (SSSR count). The Morgan fingerprint density at radius 2 is 2.32 bits per heavy atom. The molecule has 100 valence electrons. The molecule has 0 amide bonds. The van der Waals surface area contributed by atoms with Crippen LogP contribution in [0.3, 0.4) is 0 Å². The van der Waals surface area contributed by atoms with Crippen molar-refractivity contribution in [2.45, 2.75) is 13.0 Å². The van der Waals surface area contributed by atoms with E-state index in [9.17, 15) is 4.39 Å². The summed E-state index contributed by atoms with van der Waals surface area (Å²) in [6, 6.07) is 4.79. The number of halogens is 1. The topological polar surface area (TPSA) is 60.2 Å². The summed E-state index contributed by atoms with van der Waals surface area (Å²) in [5.74, 6) is 0.577. The van der Waals surface area contributed by atoms with Gasteiger partial charge in [-0.1, -0.05) is 11.2 Å². The maximum Gasteiger partial charge on any atom is 0.258 e. The van der Waals surface area contributed by atoms with Crippen LogP contribution in [0.15, 0.2) is 22.7 Å². The third-order valence-corrected chi connectivity index (χ3v) is 3.09. The number of nitrogens with zero attached hydrogens (tertiary/aromatic N) is 2. The number of aromatic nitrogens is 2. The van der Waals surface area contributed by atoms with Crippen molar-refractivity contribution in [1.29, 1.82) is 0 Å². The van der Waals surface area contributed by atoms with E-state index in [1.54, 1.807) is 19.1 Å². The first kappa shape index (κ1) is 12.3. The fraction of sp³-hybridized carbons (Fsp3) is 0.385. The molecule has 0 spiro atoms. The molecule has 5 nitrogen and oxygen atoms in total. The predicted molar refractivity (Wildman–Crippen MR) is 66.0 cm³/mol. The second kappa shape index (κ2) is 5.07. The number of hydrogen-bond acceptors (Lipinski definition) is 5. The summed E-state index contributed by atoms with van der Waals surface area (Å²) in [6.07, 6.45) is 0. The van der Waals surface area contributed by atoms with Gasteiger partial charge in [0.05, 0.1) is 19.3 Å². The lowest BCUT2D eigenvalue weighted by Crippen LogP contribution is -2.35. The molecular formula is C13H14FN3O2. The zero-order valence-electron chi connectivity index (χ0n) is 10.5. The van der Waals surface area contributed by atoms with Crippen LogP contribution in [-0.4, -0.2) is 29.9 Å². The summed E-state index contributed by atoms with van der Waals surface area (Å²) >= 11 is 0. The molecule has 19 heavy (non-hydrogen) atoms. The smallest absolute Gasteiger partial charge is 0.258 e. The van der Waals surface area contributed by atoms with Gasteiger partial charge in [0.25, 0.3) is 5.89 Å².